The van der Waals surface area contributed by atoms with Crippen LogP contribution in [0.3, 0.4) is 0 Å². The van der Waals surface area contributed by atoms with Crippen LogP contribution in [0.25, 0.3) is 0 Å². The van der Waals surface area contributed by atoms with Crippen LogP contribution in [0.1, 0.15) is 11.1 Å². The van der Waals surface area contributed by atoms with Crippen molar-refractivity contribution in [2.24, 2.45) is 0 Å². The van der Waals surface area contributed by atoms with Crippen LogP contribution in [0, 0.1) is 13.8 Å². The standard InChI is InChI=1S/C21H28N2O2/c1-17-7-6-8-18(2)21(17)25-16-20(24)15-22-11-13-23(14-12-22)19-9-4-3-5-10-19/h3-10,20,24H,11-16H2,1-2H3/t20-/m1/s1. The Morgan fingerprint density at radius 1 is 0.920 bits per heavy atom. The first-order chi connectivity index (χ1) is 12.1. The molecule has 0 radical (unpaired) electrons. The molecule has 25 heavy (non-hydrogen) atoms. The maximum absolute atomic E-state index is 10.3. The molecule has 0 bridgehead atoms. The molecule has 1 aliphatic rings. The van der Waals surface area contributed by atoms with E-state index in [0.29, 0.717) is 13.2 Å². The van der Waals surface area contributed by atoms with Gasteiger partial charge in [-0.1, -0.05) is 36.4 Å². The third-order valence-electron chi connectivity index (χ3n) is 4.79. The summed E-state index contributed by atoms with van der Waals surface area (Å²) in [5, 5.41) is 10.3. The molecule has 0 amide bonds. The molecule has 134 valence electrons. The fourth-order valence-corrected chi connectivity index (χ4v) is 3.38. The van der Waals surface area contributed by atoms with Crippen LogP contribution in [0.15, 0.2) is 48.5 Å². The van der Waals surface area contributed by atoms with E-state index < -0.39 is 6.10 Å². The zero-order valence-electron chi connectivity index (χ0n) is 15.2. The molecule has 4 heteroatoms. The van der Waals surface area contributed by atoms with Gasteiger partial charge in [0, 0.05) is 38.4 Å². The maximum Gasteiger partial charge on any atom is 0.125 e. The van der Waals surface area contributed by atoms with E-state index in [-0.39, 0.29) is 0 Å². The largest absolute Gasteiger partial charge is 0.490 e. The van der Waals surface area contributed by atoms with Crippen molar-refractivity contribution in [2.75, 3.05) is 44.2 Å². The molecule has 0 saturated carbocycles. The van der Waals surface area contributed by atoms with Gasteiger partial charge in [-0.2, -0.15) is 0 Å². The molecule has 1 atom stereocenters. The number of aliphatic hydroxyl groups excluding tert-OH is 1. The Morgan fingerprint density at radius 3 is 2.20 bits per heavy atom. The van der Waals surface area contributed by atoms with E-state index in [1.54, 1.807) is 0 Å². The van der Waals surface area contributed by atoms with Crippen molar-refractivity contribution < 1.29 is 9.84 Å². The van der Waals surface area contributed by atoms with Crippen molar-refractivity contribution in [3.8, 4) is 5.75 Å². The van der Waals surface area contributed by atoms with Gasteiger partial charge in [-0.3, -0.25) is 4.90 Å². The lowest BCUT2D eigenvalue weighted by atomic mass is 10.1. The summed E-state index contributed by atoms with van der Waals surface area (Å²) in [6.45, 7) is 9.00. The minimum absolute atomic E-state index is 0.338. The van der Waals surface area contributed by atoms with Gasteiger partial charge in [0.15, 0.2) is 0 Å². The van der Waals surface area contributed by atoms with Crippen LogP contribution in [0.5, 0.6) is 5.75 Å². The van der Waals surface area contributed by atoms with E-state index >= 15 is 0 Å². The molecular weight excluding hydrogens is 312 g/mol. The minimum atomic E-state index is -0.470. The Bertz CT molecular complexity index is 647. The number of aliphatic hydroxyl groups is 1. The molecule has 1 aliphatic heterocycles. The number of hydrogen-bond acceptors (Lipinski definition) is 4. The van der Waals surface area contributed by atoms with E-state index in [2.05, 4.69) is 34.1 Å². The molecule has 4 nitrogen and oxygen atoms in total. The summed E-state index contributed by atoms with van der Waals surface area (Å²) in [5.41, 5.74) is 3.51. The van der Waals surface area contributed by atoms with Crippen LogP contribution < -0.4 is 9.64 Å². The van der Waals surface area contributed by atoms with Crippen molar-refractivity contribution in [1.82, 2.24) is 4.90 Å². The van der Waals surface area contributed by atoms with Crippen molar-refractivity contribution >= 4 is 5.69 Å². The number of anilines is 1. The number of β-amino-alcohol motifs (C(OH)–C–C–N with tert-alkyl or cyclic N) is 1. The molecule has 3 rings (SSSR count). The maximum atomic E-state index is 10.3. The molecule has 2 aromatic rings. The van der Waals surface area contributed by atoms with Crippen LogP contribution in [-0.4, -0.2) is 55.4 Å². The van der Waals surface area contributed by atoms with Gasteiger partial charge < -0.3 is 14.7 Å². The van der Waals surface area contributed by atoms with Gasteiger partial charge >= 0.3 is 0 Å². The number of piperazine rings is 1. The number of rotatable bonds is 6. The van der Waals surface area contributed by atoms with E-state index in [0.717, 1.165) is 43.1 Å². The molecule has 1 heterocycles. The first kappa shape index (κ1) is 17.8. The van der Waals surface area contributed by atoms with E-state index in [1.165, 1.54) is 5.69 Å². The van der Waals surface area contributed by atoms with E-state index in [4.69, 9.17) is 4.74 Å². The predicted octanol–water partition coefficient (Wildman–Crippen LogP) is 2.87. The fourth-order valence-electron chi connectivity index (χ4n) is 3.38. The van der Waals surface area contributed by atoms with Crippen molar-refractivity contribution in [2.45, 2.75) is 20.0 Å². The van der Waals surface area contributed by atoms with E-state index in [9.17, 15) is 5.11 Å². The van der Waals surface area contributed by atoms with Crippen LogP contribution in [0.4, 0.5) is 5.69 Å². The Balaban J connectivity index is 1.44. The SMILES string of the molecule is Cc1cccc(C)c1OC[C@H](O)CN1CCN(c2ccccc2)CC1. The zero-order valence-corrected chi connectivity index (χ0v) is 15.2. The monoisotopic (exact) mass is 340 g/mol. The average molecular weight is 340 g/mol. The summed E-state index contributed by atoms with van der Waals surface area (Å²) in [6, 6.07) is 16.6. The number of nitrogens with zero attached hydrogens (tertiary/aromatic N) is 2. The normalized spacial score (nSPS) is 16.7. The third-order valence-corrected chi connectivity index (χ3v) is 4.79. The summed E-state index contributed by atoms with van der Waals surface area (Å²) in [4.78, 5) is 4.72. The van der Waals surface area contributed by atoms with Crippen molar-refractivity contribution in [1.29, 1.82) is 0 Å². The fraction of sp³-hybridized carbons (Fsp3) is 0.429. The van der Waals surface area contributed by atoms with Gasteiger partial charge in [0.25, 0.3) is 0 Å². The molecule has 1 saturated heterocycles. The summed E-state index contributed by atoms with van der Waals surface area (Å²) in [5.74, 6) is 0.899. The first-order valence-corrected chi connectivity index (χ1v) is 9.03. The summed E-state index contributed by atoms with van der Waals surface area (Å²) in [7, 11) is 0. The van der Waals surface area contributed by atoms with E-state index in [1.807, 2.05) is 38.1 Å². The first-order valence-electron chi connectivity index (χ1n) is 9.03. The Morgan fingerprint density at radius 2 is 1.56 bits per heavy atom. The highest BCUT2D eigenvalue weighted by atomic mass is 16.5. The third kappa shape index (κ3) is 4.74. The number of ether oxygens (including phenoxy) is 1. The van der Waals surface area contributed by atoms with Crippen molar-refractivity contribution in [3.63, 3.8) is 0 Å². The minimum Gasteiger partial charge on any atom is -0.490 e. The molecule has 1 fully saturated rings. The molecule has 1 N–H and O–H groups in total. The average Bonchev–Trinajstić information content (AvgIpc) is 2.63. The predicted molar refractivity (Wildman–Crippen MR) is 103 cm³/mol. The highest BCUT2D eigenvalue weighted by molar-refractivity contribution is 5.46. The topological polar surface area (TPSA) is 35.9 Å². The molecule has 0 aromatic heterocycles. The van der Waals surface area contributed by atoms with Gasteiger partial charge in [-0.25, -0.2) is 0 Å². The molecule has 0 spiro atoms. The molecule has 0 unspecified atom stereocenters. The lowest BCUT2D eigenvalue weighted by molar-refractivity contribution is 0.0658. The Kier molecular flexibility index (Phi) is 5.95. The molecular formula is C21H28N2O2. The van der Waals surface area contributed by atoms with Crippen molar-refractivity contribution in [3.05, 3.63) is 59.7 Å². The van der Waals surface area contributed by atoms with Crippen LogP contribution in [0.2, 0.25) is 0 Å². The number of aryl methyl sites for hydroxylation is 2. The highest BCUT2D eigenvalue weighted by Crippen LogP contribution is 2.22. The highest BCUT2D eigenvalue weighted by Gasteiger charge is 2.20. The number of hydrogen-bond donors (Lipinski definition) is 1. The number of benzene rings is 2. The smallest absolute Gasteiger partial charge is 0.125 e. The second-order valence-corrected chi connectivity index (χ2v) is 6.81. The van der Waals surface area contributed by atoms with Gasteiger partial charge in [-0.05, 0) is 37.1 Å². The Labute approximate surface area is 150 Å². The number of para-hydroxylation sites is 2. The van der Waals surface area contributed by atoms with Crippen LogP contribution >= 0.6 is 0 Å². The summed E-state index contributed by atoms with van der Waals surface area (Å²) in [6.07, 6.45) is -0.470. The second-order valence-electron chi connectivity index (χ2n) is 6.81. The summed E-state index contributed by atoms with van der Waals surface area (Å²) < 4.78 is 5.87. The zero-order chi connectivity index (χ0) is 17.6. The van der Waals surface area contributed by atoms with Gasteiger partial charge in [0.1, 0.15) is 18.5 Å². The second kappa shape index (κ2) is 8.37. The summed E-state index contributed by atoms with van der Waals surface area (Å²) >= 11 is 0. The quantitative estimate of drug-likeness (QED) is 0.877. The lowest BCUT2D eigenvalue weighted by Crippen LogP contribution is -2.49. The van der Waals surface area contributed by atoms with Gasteiger partial charge in [0.2, 0.25) is 0 Å². The van der Waals surface area contributed by atoms with Gasteiger partial charge in [-0.15, -0.1) is 0 Å². The van der Waals surface area contributed by atoms with Gasteiger partial charge in [0.05, 0.1) is 0 Å². The molecule has 0 aliphatic carbocycles. The van der Waals surface area contributed by atoms with Crippen LogP contribution in [-0.2, 0) is 0 Å². The lowest BCUT2D eigenvalue weighted by Gasteiger charge is -2.36. The molecule has 2 aromatic carbocycles. The Hall–Kier alpha value is -2.04.